The third kappa shape index (κ3) is 7.31. The Hall–Kier alpha value is -5.32. The van der Waals surface area contributed by atoms with E-state index in [1.165, 1.54) is 25.1 Å². The zero-order valence-electron chi connectivity index (χ0n) is 24.0. The van der Waals surface area contributed by atoms with Gasteiger partial charge in [-0.25, -0.2) is 9.59 Å². The van der Waals surface area contributed by atoms with Gasteiger partial charge < -0.3 is 20.1 Å². The first-order valence-electron chi connectivity index (χ1n) is 13.7. The molecule has 4 amide bonds. The summed E-state index contributed by atoms with van der Waals surface area (Å²) in [7, 11) is 0. The fourth-order valence-corrected chi connectivity index (χ4v) is 4.36. The quantitative estimate of drug-likeness (QED) is 0.255. The molecule has 0 spiro atoms. The van der Waals surface area contributed by atoms with E-state index in [4.69, 9.17) is 9.47 Å². The molecule has 0 aliphatic carbocycles. The van der Waals surface area contributed by atoms with Crippen molar-refractivity contribution in [1.29, 1.82) is 0 Å². The Kier molecular flexibility index (Phi) is 9.66. The molecule has 0 fully saturated rings. The van der Waals surface area contributed by atoms with Crippen molar-refractivity contribution in [2.45, 2.75) is 39.7 Å². The lowest BCUT2D eigenvalue weighted by atomic mass is 10.1. The van der Waals surface area contributed by atoms with Crippen LogP contribution >= 0.6 is 0 Å². The lowest BCUT2D eigenvalue weighted by Gasteiger charge is -2.20. The Morgan fingerprint density at radius 1 is 0.698 bits per heavy atom. The second kappa shape index (κ2) is 13.6. The SMILES string of the molecule is CCc1ccc(NC(=O)COC(=O)c2ccc3c(c2)C(=O)N([C@@H](C)C(=O)OCC(=O)Nc2ccc(CC)cc2)C3=O)cc1. The summed E-state index contributed by atoms with van der Waals surface area (Å²) in [5.74, 6) is -4.53. The monoisotopic (exact) mass is 585 g/mol. The molecule has 11 nitrogen and oxygen atoms in total. The third-order valence-corrected chi connectivity index (χ3v) is 6.85. The highest BCUT2D eigenvalue weighted by atomic mass is 16.5. The van der Waals surface area contributed by atoms with Gasteiger partial charge in [-0.2, -0.15) is 0 Å². The standard InChI is InChI=1S/C32H31N3O8/c1-4-20-6-11-23(12-7-20)33-27(36)17-42-31(40)19(3)35-29(38)25-15-10-22(16-26(25)30(35)39)32(41)43-18-28(37)34-24-13-8-21(5-2)9-14-24/h6-16,19H,4-5,17-18H2,1-3H3,(H,33,36)(H,34,37)/t19-/m0/s1. The molecule has 11 heteroatoms. The second-order valence-corrected chi connectivity index (χ2v) is 9.80. The van der Waals surface area contributed by atoms with Gasteiger partial charge in [0.1, 0.15) is 6.04 Å². The van der Waals surface area contributed by atoms with E-state index in [0.29, 0.717) is 16.3 Å². The maximum Gasteiger partial charge on any atom is 0.338 e. The summed E-state index contributed by atoms with van der Waals surface area (Å²) in [6.07, 6.45) is 1.70. The number of ether oxygens (including phenoxy) is 2. The lowest BCUT2D eigenvalue weighted by Crippen LogP contribution is -2.44. The van der Waals surface area contributed by atoms with Crippen LogP contribution in [0, 0.1) is 0 Å². The molecule has 1 aliphatic heterocycles. The number of aryl methyl sites for hydroxylation is 2. The second-order valence-electron chi connectivity index (χ2n) is 9.80. The summed E-state index contributed by atoms with van der Waals surface area (Å²) in [5, 5.41) is 5.23. The van der Waals surface area contributed by atoms with Gasteiger partial charge in [0, 0.05) is 11.4 Å². The topological polar surface area (TPSA) is 148 Å². The predicted molar refractivity (Wildman–Crippen MR) is 157 cm³/mol. The predicted octanol–water partition coefficient (Wildman–Crippen LogP) is 3.77. The maximum absolute atomic E-state index is 13.1. The average molecular weight is 586 g/mol. The zero-order valence-corrected chi connectivity index (χ0v) is 24.0. The van der Waals surface area contributed by atoms with Gasteiger partial charge in [-0.1, -0.05) is 38.1 Å². The highest BCUT2D eigenvalue weighted by Crippen LogP contribution is 2.26. The first kappa shape index (κ1) is 30.6. The number of hydrogen-bond donors (Lipinski definition) is 2. The number of amides is 4. The normalized spacial score (nSPS) is 12.8. The highest BCUT2D eigenvalue weighted by Gasteiger charge is 2.42. The van der Waals surface area contributed by atoms with Gasteiger partial charge in [-0.3, -0.25) is 24.1 Å². The van der Waals surface area contributed by atoms with Crippen LogP contribution in [0.3, 0.4) is 0 Å². The van der Waals surface area contributed by atoms with Crippen LogP contribution in [0.1, 0.15) is 63.0 Å². The first-order chi connectivity index (χ1) is 20.6. The number of esters is 2. The van der Waals surface area contributed by atoms with Crippen LogP contribution in [0.15, 0.2) is 66.7 Å². The first-order valence-corrected chi connectivity index (χ1v) is 13.7. The Morgan fingerprint density at radius 3 is 1.70 bits per heavy atom. The van der Waals surface area contributed by atoms with Gasteiger partial charge in [0.15, 0.2) is 13.2 Å². The molecular weight excluding hydrogens is 554 g/mol. The van der Waals surface area contributed by atoms with E-state index >= 15 is 0 Å². The van der Waals surface area contributed by atoms with E-state index in [1.54, 1.807) is 24.3 Å². The fourth-order valence-electron chi connectivity index (χ4n) is 4.36. The van der Waals surface area contributed by atoms with Gasteiger partial charge >= 0.3 is 11.9 Å². The molecule has 2 N–H and O–H groups in total. The van der Waals surface area contributed by atoms with Crippen molar-refractivity contribution in [3.63, 3.8) is 0 Å². The molecule has 3 aromatic carbocycles. The van der Waals surface area contributed by atoms with Gasteiger partial charge in [0.05, 0.1) is 16.7 Å². The molecule has 1 atom stereocenters. The molecule has 1 heterocycles. The van der Waals surface area contributed by atoms with Crippen molar-refractivity contribution in [1.82, 2.24) is 4.90 Å². The smallest absolute Gasteiger partial charge is 0.338 e. The van der Waals surface area contributed by atoms with Crippen molar-refractivity contribution in [3.8, 4) is 0 Å². The van der Waals surface area contributed by atoms with E-state index < -0.39 is 54.8 Å². The Morgan fingerprint density at radius 2 is 1.19 bits per heavy atom. The number of benzene rings is 3. The van der Waals surface area contributed by atoms with Crippen LogP contribution in [-0.2, 0) is 36.7 Å². The molecular formula is C32H31N3O8. The van der Waals surface area contributed by atoms with Crippen molar-refractivity contribution in [3.05, 3.63) is 94.5 Å². The number of carbonyl (C=O) groups is 6. The lowest BCUT2D eigenvalue weighted by molar-refractivity contribution is -0.150. The molecule has 222 valence electrons. The average Bonchev–Trinajstić information content (AvgIpc) is 3.27. The largest absolute Gasteiger partial charge is 0.454 e. The number of imide groups is 1. The molecule has 0 bridgehead atoms. The minimum absolute atomic E-state index is 0.0114. The van der Waals surface area contributed by atoms with Crippen LogP contribution in [0.2, 0.25) is 0 Å². The number of anilines is 2. The molecule has 1 aliphatic rings. The van der Waals surface area contributed by atoms with Gasteiger partial charge in [0.2, 0.25) is 0 Å². The van der Waals surface area contributed by atoms with Crippen LogP contribution in [-0.4, -0.2) is 59.7 Å². The summed E-state index contributed by atoms with van der Waals surface area (Å²) in [4.78, 5) is 76.4. The summed E-state index contributed by atoms with van der Waals surface area (Å²) < 4.78 is 10.1. The number of fused-ring (bicyclic) bond motifs is 1. The van der Waals surface area contributed by atoms with Crippen LogP contribution in [0.4, 0.5) is 11.4 Å². The molecule has 0 aromatic heterocycles. The molecule has 0 saturated carbocycles. The number of carbonyl (C=O) groups excluding carboxylic acids is 6. The van der Waals surface area contributed by atoms with Crippen molar-refractivity contribution < 1.29 is 38.2 Å². The van der Waals surface area contributed by atoms with E-state index in [9.17, 15) is 28.8 Å². The van der Waals surface area contributed by atoms with Crippen molar-refractivity contribution in [2.24, 2.45) is 0 Å². The number of nitrogens with zero attached hydrogens (tertiary/aromatic N) is 1. The van der Waals surface area contributed by atoms with Crippen molar-refractivity contribution >= 4 is 46.9 Å². The van der Waals surface area contributed by atoms with E-state index in [1.807, 2.05) is 38.1 Å². The van der Waals surface area contributed by atoms with Crippen molar-refractivity contribution in [2.75, 3.05) is 23.8 Å². The molecule has 3 aromatic rings. The van der Waals surface area contributed by atoms with E-state index in [2.05, 4.69) is 10.6 Å². The minimum Gasteiger partial charge on any atom is -0.454 e. The number of rotatable bonds is 11. The molecule has 0 unspecified atom stereocenters. The molecule has 0 saturated heterocycles. The van der Waals surface area contributed by atoms with Gasteiger partial charge in [-0.05, 0) is 73.4 Å². The Bertz CT molecular complexity index is 1560. The van der Waals surface area contributed by atoms with E-state index in [0.717, 1.165) is 24.0 Å². The van der Waals surface area contributed by atoms with Crippen LogP contribution in [0.5, 0.6) is 0 Å². The maximum atomic E-state index is 13.1. The fraction of sp³-hybridized carbons (Fsp3) is 0.250. The summed E-state index contributed by atoms with van der Waals surface area (Å²) in [5.41, 5.74) is 3.12. The number of hydrogen-bond acceptors (Lipinski definition) is 8. The molecule has 4 rings (SSSR count). The Labute approximate surface area is 248 Å². The zero-order chi connectivity index (χ0) is 31.1. The molecule has 43 heavy (non-hydrogen) atoms. The number of nitrogens with one attached hydrogen (secondary N) is 2. The highest BCUT2D eigenvalue weighted by molar-refractivity contribution is 6.23. The van der Waals surface area contributed by atoms with Gasteiger partial charge in [-0.15, -0.1) is 0 Å². The molecule has 0 radical (unpaired) electrons. The minimum atomic E-state index is -1.34. The summed E-state index contributed by atoms with van der Waals surface area (Å²) in [6.45, 7) is 4.14. The third-order valence-electron chi connectivity index (χ3n) is 6.85. The van der Waals surface area contributed by atoms with Crippen LogP contribution in [0.25, 0.3) is 0 Å². The van der Waals surface area contributed by atoms with Gasteiger partial charge in [0.25, 0.3) is 23.6 Å². The van der Waals surface area contributed by atoms with Crippen LogP contribution < -0.4 is 10.6 Å². The summed E-state index contributed by atoms with van der Waals surface area (Å²) in [6, 6.07) is 16.8. The summed E-state index contributed by atoms with van der Waals surface area (Å²) >= 11 is 0. The van der Waals surface area contributed by atoms with E-state index in [-0.39, 0.29) is 16.7 Å². The Balaban J connectivity index is 1.31.